The van der Waals surface area contributed by atoms with Gasteiger partial charge in [-0.3, -0.25) is 4.90 Å². The molecule has 0 saturated carbocycles. The molecule has 5 rings (SSSR count). The van der Waals surface area contributed by atoms with Crippen LogP contribution in [0.5, 0.6) is 0 Å². The van der Waals surface area contributed by atoms with Crippen LogP contribution in [0.4, 0.5) is 0 Å². The summed E-state index contributed by atoms with van der Waals surface area (Å²) in [4.78, 5) is 5.27. The molecule has 3 aliphatic heterocycles. The fourth-order valence-electron chi connectivity index (χ4n) is 5.93. The Morgan fingerprint density at radius 3 is 2.30 bits per heavy atom. The van der Waals surface area contributed by atoms with Crippen LogP contribution >= 0.6 is 0 Å². The third kappa shape index (κ3) is 5.34. The Morgan fingerprint density at radius 1 is 0.879 bits per heavy atom. The van der Waals surface area contributed by atoms with Crippen molar-refractivity contribution in [2.45, 2.75) is 43.7 Å². The van der Waals surface area contributed by atoms with Crippen LogP contribution in [0.1, 0.15) is 48.3 Å². The molecular weight excluding hydrogens is 408 g/mol. The fraction of sp³-hybridized carbons (Fsp3) is 0.517. The van der Waals surface area contributed by atoms with Crippen LogP contribution in [0.3, 0.4) is 0 Å². The molecule has 2 aromatic carbocycles. The van der Waals surface area contributed by atoms with Gasteiger partial charge < -0.3 is 14.7 Å². The van der Waals surface area contributed by atoms with E-state index in [-0.39, 0.29) is 12.6 Å². The lowest BCUT2D eigenvalue weighted by atomic mass is 9.74. The Hall–Kier alpha value is -2.16. The van der Waals surface area contributed by atoms with E-state index in [4.69, 9.17) is 4.74 Å². The van der Waals surface area contributed by atoms with E-state index >= 15 is 0 Å². The first-order valence-electron chi connectivity index (χ1n) is 12.7. The minimum Gasteiger partial charge on any atom is -0.395 e. The van der Waals surface area contributed by atoms with Gasteiger partial charge in [-0.05, 0) is 74.5 Å². The largest absolute Gasteiger partial charge is 0.395 e. The highest BCUT2D eigenvalue weighted by molar-refractivity contribution is 5.44. The summed E-state index contributed by atoms with van der Waals surface area (Å²) < 4.78 is 5.57. The normalized spacial score (nSPS) is 26.9. The molecule has 3 fully saturated rings. The van der Waals surface area contributed by atoms with Gasteiger partial charge in [0.1, 0.15) is 0 Å². The highest BCUT2D eigenvalue weighted by Gasteiger charge is 2.49. The van der Waals surface area contributed by atoms with Crippen LogP contribution in [-0.2, 0) is 4.74 Å². The Bertz CT molecular complexity index is 943. The van der Waals surface area contributed by atoms with E-state index in [0.29, 0.717) is 12.0 Å². The molecule has 3 atom stereocenters. The van der Waals surface area contributed by atoms with Gasteiger partial charge in [0.15, 0.2) is 0 Å². The number of benzene rings is 2. The molecule has 4 nitrogen and oxygen atoms in total. The molecule has 0 unspecified atom stereocenters. The smallest absolute Gasteiger partial charge is 0.0593 e. The number of hydrogen-bond acceptors (Lipinski definition) is 4. The van der Waals surface area contributed by atoms with E-state index in [1.54, 1.807) is 0 Å². The van der Waals surface area contributed by atoms with Crippen LogP contribution < -0.4 is 0 Å². The second-order valence-corrected chi connectivity index (χ2v) is 9.84. The van der Waals surface area contributed by atoms with Crippen LogP contribution in [-0.4, -0.2) is 73.0 Å². The summed E-state index contributed by atoms with van der Waals surface area (Å²) in [5.41, 5.74) is 3.42. The lowest BCUT2D eigenvalue weighted by Crippen LogP contribution is -2.67. The minimum absolute atomic E-state index is 0.233. The van der Waals surface area contributed by atoms with Crippen molar-refractivity contribution in [3.8, 4) is 11.8 Å². The molecule has 3 saturated heterocycles. The molecule has 0 amide bonds. The van der Waals surface area contributed by atoms with Crippen molar-refractivity contribution in [3.63, 3.8) is 0 Å². The average molecular weight is 445 g/mol. The first-order chi connectivity index (χ1) is 16.3. The van der Waals surface area contributed by atoms with Gasteiger partial charge in [-0.2, -0.15) is 0 Å². The number of rotatable bonds is 4. The lowest BCUT2D eigenvalue weighted by Gasteiger charge is -2.57. The van der Waals surface area contributed by atoms with E-state index in [0.717, 1.165) is 43.3 Å². The molecule has 3 aliphatic rings. The van der Waals surface area contributed by atoms with Crippen LogP contribution in [0.15, 0.2) is 54.6 Å². The second kappa shape index (κ2) is 10.8. The van der Waals surface area contributed by atoms with Crippen molar-refractivity contribution < 1.29 is 9.84 Å². The molecule has 0 spiro atoms. The molecule has 33 heavy (non-hydrogen) atoms. The van der Waals surface area contributed by atoms with Gasteiger partial charge in [-0.25, -0.2) is 0 Å². The highest BCUT2D eigenvalue weighted by atomic mass is 16.5. The van der Waals surface area contributed by atoms with E-state index in [1.165, 1.54) is 44.3 Å². The molecule has 0 radical (unpaired) electrons. The van der Waals surface area contributed by atoms with Gasteiger partial charge in [0.2, 0.25) is 0 Å². The van der Waals surface area contributed by atoms with Crippen LogP contribution in [0.2, 0.25) is 0 Å². The Labute approximate surface area is 198 Å². The van der Waals surface area contributed by atoms with Crippen LogP contribution in [0.25, 0.3) is 0 Å². The fourth-order valence-corrected chi connectivity index (χ4v) is 5.93. The number of nitrogens with zero attached hydrogens (tertiary/aromatic N) is 2. The monoisotopic (exact) mass is 444 g/mol. The summed E-state index contributed by atoms with van der Waals surface area (Å²) in [6, 6.07) is 19.6. The maximum Gasteiger partial charge on any atom is 0.0593 e. The van der Waals surface area contributed by atoms with E-state index in [2.05, 4.69) is 45.9 Å². The van der Waals surface area contributed by atoms with Crippen molar-refractivity contribution in [1.29, 1.82) is 0 Å². The van der Waals surface area contributed by atoms with Gasteiger partial charge >= 0.3 is 0 Å². The predicted molar refractivity (Wildman–Crippen MR) is 132 cm³/mol. The highest BCUT2D eigenvalue weighted by Crippen LogP contribution is 2.42. The maximum atomic E-state index is 10.2. The van der Waals surface area contributed by atoms with Crippen molar-refractivity contribution in [2.75, 3.05) is 46.0 Å². The number of ether oxygens (including phenoxy) is 1. The van der Waals surface area contributed by atoms with Gasteiger partial charge in [-0.15, -0.1) is 0 Å². The summed E-state index contributed by atoms with van der Waals surface area (Å²) in [5.74, 6) is 7.69. The number of fused-ring (bicyclic) bond motifs is 1. The lowest BCUT2D eigenvalue weighted by molar-refractivity contribution is -0.0677. The average Bonchev–Trinajstić information content (AvgIpc) is 2.85. The first-order valence-corrected chi connectivity index (χ1v) is 12.7. The molecule has 1 N–H and O–H groups in total. The number of aliphatic hydroxyl groups excluding tert-OH is 1. The van der Waals surface area contributed by atoms with Gasteiger partial charge in [-0.1, -0.05) is 42.2 Å². The Morgan fingerprint density at radius 2 is 1.58 bits per heavy atom. The molecule has 0 aromatic heterocycles. The summed E-state index contributed by atoms with van der Waals surface area (Å²) in [6.45, 7) is 6.68. The van der Waals surface area contributed by atoms with Crippen molar-refractivity contribution in [2.24, 2.45) is 5.92 Å². The summed E-state index contributed by atoms with van der Waals surface area (Å²) in [6.07, 6.45) is 4.86. The Balaban J connectivity index is 1.29. The predicted octanol–water partition coefficient (Wildman–Crippen LogP) is 3.74. The summed E-state index contributed by atoms with van der Waals surface area (Å²) >= 11 is 0. The van der Waals surface area contributed by atoms with E-state index in [9.17, 15) is 5.11 Å². The topological polar surface area (TPSA) is 35.9 Å². The maximum absolute atomic E-state index is 10.2. The minimum atomic E-state index is 0.233. The van der Waals surface area contributed by atoms with Crippen LogP contribution in [0, 0.1) is 17.8 Å². The van der Waals surface area contributed by atoms with Gasteiger partial charge in [0.05, 0.1) is 6.61 Å². The Kier molecular flexibility index (Phi) is 7.43. The molecule has 0 bridgehead atoms. The number of aliphatic hydroxyl groups is 1. The number of hydrogen-bond donors (Lipinski definition) is 1. The van der Waals surface area contributed by atoms with Gasteiger partial charge in [0, 0.05) is 55.4 Å². The third-order valence-corrected chi connectivity index (χ3v) is 7.73. The zero-order chi connectivity index (χ0) is 22.5. The SMILES string of the molecule is OC[C@H]1[C@@H](c2ccc(C#Cc3ccccc3)cc2)[C@H]2CN(CC3CCOCC3)CCCCN21. The summed E-state index contributed by atoms with van der Waals surface area (Å²) in [5, 5.41) is 10.2. The molecule has 2 aromatic rings. The first kappa shape index (κ1) is 22.6. The molecule has 174 valence electrons. The second-order valence-electron chi connectivity index (χ2n) is 9.84. The molecule has 0 aliphatic carbocycles. The zero-order valence-corrected chi connectivity index (χ0v) is 19.5. The van der Waals surface area contributed by atoms with E-state index < -0.39 is 0 Å². The van der Waals surface area contributed by atoms with Crippen molar-refractivity contribution in [1.82, 2.24) is 9.80 Å². The van der Waals surface area contributed by atoms with Crippen molar-refractivity contribution >= 4 is 0 Å². The molecular formula is C29H36N2O2. The van der Waals surface area contributed by atoms with E-state index in [1.807, 2.05) is 30.3 Å². The summed E-state index contributed by atoms with van der Waals surface area (Å²) in [7, 11) is 0. The standard InChI is InChI=1S/C29H36N2O2/c32-22-28-29(26-12-10-24(11-13-26)9-8-23-6-2-1-3-7-23)27-21-30(16-4-5-17-31(27)28)20-25-14-18-33-19-15-25/h1-3,6-7,10-13,25,27-29,32H,4-5,14-22H2/t27-,28+,29+/m1/s1. The third-order valence-electron chi connectivity index (χ3n) is 7.73. The molecule has 3 heterocycles. The van der Waals surface area contributed by atoms with Crippen molar-refractivity contribution in [3.05, 3.63) is 71.3 Å². The molecule has 4 heteroatoms. The quantitative estimate of drug-likeness (QED) is 0.729. The zero-order valence-electron chi connectivity index (χ0n) is 19.5. The van der Waals surface area contributed by atoms with Gasteiger partial charge in [0.25, 0.3) is 0 Å².